The Morgan fingerprint density at radius 3 is 2.59 bits per heavy atom. The van der Waals surface area contributed by atoms with Crippen molar-refractivity contribution in [3.05, 3.63) is 0 Å². The van der Waals surface area contributed by atoms with Crippen LogP contribution < -0.4 is 11.1 Å². The zero-order chi connectivity index (χ0) is 13.1. The van der Waals surface area contributed by atoms with Gasteiger partial charge in [0, 0.05) is 6.54 Å². The lowest BCUT2D eigenvalue weighted by Gasteiger charge is -2.17. The third-order valence-corrected chi connectivity index (χ3v) is 2.48. The highest BCUT2D eigenvalue weighted by Gasteiger charge is 2.41. The standard InChI is InChI=1S/C9H14F4N2O2/c10-8(11)9(12,13)4-15-7(16)6-2-1-5(3-14)17-6/h5-6,8H,1-4,14H2,(H,15,16). The van der Waals surface area contributed by atoms with Crippen LogP contribution in [0.4, 0.5) is 17.6 Å². The summed E-state index contributed by atoms with van der Waals surface area (Å²) in [5.41, 5.74) is 5.30. The minimum Gasteiger partial charge on any atom is -0.364 e. The number of carbonyl (C=O) groups excluding carboxylic acids is 1. The Hall–Kier alpha value is -0.890. The number of ether oxygens (including phenoxy) is 1. The number of amides is 1. The predicted octanol–water partition coefficient (Wildman–Crippen LogP) is 0.509. The highest BCUT2D eigenvalue weighted by atomic mass is 19.3. The van der Waals surface area contributed by atoms with E-state index in [1.54, 1.807) is 5.32 Å². The van der Waals surface area contributed by atoms with Gasteiger partial charge in [0.25, 0.3) is 0 Å². The molecule has 0 aromatic heterocycles. The molecule has 0 aromatic carbocycles. The predicted molar refractivity (Wildman–Crippen MR) is 50.9 cm³/mol. The summed E-state index contributed by atoms with van der Waals surface area (Å²) in [6.45, 7) is -1.16. The van der Waals surface area contributed by atoms with E-state index in [0.29, 0.717) is 12.8 Å². The summed E-state index contributed by atoms with van der Waals surface area (Å²) in [7, 11) is 0. The molecule has 0 aromatic rings. The average molecular weight is 258 g/mol. The number of rotatable bonds is 5. The molecule has 0 bridgehead atoms. The first-order chi connectivity index (χ1) is 7.86. The number of alkyl halides is 4. The van der Waals surface area contributed by atoms with Crippen molar-refractivity contribution >= 4 is 5.91 Å². The Kier molecular flexibility index (Phi) is 4.70. The molecule has 100 valence electrons. The lowest BCUT2D eigenvalue weighted by Crippen LogP contribution is -2.45. The molecule has 0 radical (unpaired) electrons. The molecule has 2 atom stereocenters. The second-order valence-corrected chi connectivity index (χ2v) is 3.84. The van der Waals surface area contributed by atoms with Crippen molar-refractivity contribution in [2.75, 3.05) is 13.1 Å². The van der Waals surface area contributed by atoms with Crippen molar-refractivity contribution in [2.45, 2.75) is 37.4 Å². The maximum atomic E-state index is 12.5. The summed E-state index contributed by atoms with van der Waals surface area (Å²) in [6, 6.07) is 0. The van der Waals surface area contributed by atoms with Gasteiger partial charge in [-0.05, 0) is 12.8 Å². The topological polar surface area (TPSA) is 64.4 Å². The first kappa shape index (κ1) is 14.2. The maximum Gasteiger partial charge on any atom is 0.324 e. The molecule has 2 unspecified atom stereocenters. The van der Waals surface area contributed by atoms with E-state index >= 15 is 0 Å². The third-order valence-electron chi connectivity index (χ3n) is 2.48. The number of hydrogen-bond acceptors (Lipinski definition) is 3. The maximum absolute atomic E-state index is 12.5. The molecular formula is C9H14F4N2O2. The molecule has 1 amide bonds. The Labute approximate surface area is 95.5 Å². The largest absolute Gasteiger partial charge is 0.364 e. The molecule has 1 aliphatic heterocycles. The van der Waals surface area contributed by atoms with Gasteiger partial charge in [-0.25, -0.2) is 8.78 Å². The molecule has 1 heterocycles. The van der Waals surface area contributed by atoms with Gasteiger partial charge in [0.05, 0.1) is 12.6 Å². The van der Waals surface area contributed by atoms with Gasteiger partial charge in [0.1, 0.15) is 6.10 Å². The molecule has 1 fully saturated rings. The molecule has 0 spiro atoms. The van der Waals surface area contributed by atoms with Crippen LogP contribution in [0.3, 0.4) is 0 Å². The summed E-state index contributed by atoms with van der Waals surface area (Å²) in [4.78, 5) is 11.3. The molecule has 1 saturated heterocycles. The van der Waals surface area contributed by atoms with E-state index in [-0.39, 0.29) is 12.6 Å². The number of carbonyl (C=O) groups is 1. The fourth-order valence-corrected chi connectivity index (χ4v) is 1.47. The van der Waals surface area contributed by atoms with Gasteiger partial charge in [0.2, 0.25) is 5.91 Å². The summed E-state index contributed by atoms with van der Waals surface area (Å²) < 4.78 is 53.8. The SMILES string of the molecule is NCC1CCC(C(=O)NCC(F)(F)C(F)F)O1. The van der Waals surface area contributed by atoms with Gasteiger partial charge >= 0.3 is 12.3 Å². The number of hydrogen-bond donors (Lipinski definition) is 2. The van der Waals surface area contributed by atoms with Gasteiger partial charge in [0.15, 0.2) is 0 Å². The zero-order valence-corrected chi connectivity index (χ0v) is 8.97. The normalized spacial score (nSPS) is 25.3. The van der Waals surface area contributed by atoms with Gasteiger partial charge in [-0.15, -0.1) is 0 Å². The monoisotopic (exact) mass is 258 g/mol. The second-order valence-electron chi connectivity index (χ2n) is 3.84. The summed E-state index contributed by atoms with van der Waals surface area (Å²) in [5, 5.41) is 1.76. The Bertz CT molecular complexity index is 276. The molecular weight excluding hydrogens is 244 g/mol. The highest BCUT2D eigenvalue weighted by Crippen LogP contribution is 2.22. The molecule has 0 saturated carbocycles. The minimum atomic E-state index is -4.22. The summed E-state index contributed by atoms with van der Waals surface area (Å²) >= 11 is 0. The minimum absolute atomic E-state index is 0.233. The van der Waals surface area contributed by atoms with Crippen LogP contribution in [0, 0.1) is 0 Å². The van der Waals surface area contributed by atoms with Crippen molar-refractivity contribution in [2.24, 2.45) is 5.73 Å². The van der Waals surface area contributed by atoms with Crippen molar-refractivity contribution in [1.82, 2.24) is 5.32 Å². The Morgan fingerprint density at radius 1 is 1.47 bits per heavy atom. The third kappa shape index (κ3) is 3.81. The van der Waals surface area contributed by atoms with E-state index in [1.807, 2.05) is 0 Å². The molecule has 0 aliphatic carbocycles. The van der Waals surface area contributed by atoms with Crippen molar-refractivity contribution < 1.29 is 27.1 Å². The van der Waals surface area contributed by atoms with Crippen LogP contribution >= 0.6 is 0 Å². The van der Waals surface area contributed by atoms with Gasteiger partial charge in [-0.1, -0.05) is 0 Å². The lowest BCUT2D eigenvalue weighted by atomic mass is 10.2. The second kappa shape index (κ2) is 5.63. The van der Waals surface area contributed by atoms with Crippen LogP contribution in [-0.2, 0) is 9.53 Å². The van der Waals surface area contributed by atoms with E-state index in [4.69, 9.17) is 10.5 Å². The van der Waals surface area contributed by atoms with Crippen LogP contribution in [0.2, 0.25) is 0 Å². The van der Waals surface area contributed by atoms with Crippen molar-refractivity contribution in [3.8, 4) is 0 Å². The zero-order valence-electron chi connectivity index (χ0n) is 8.97. The van der Waals surface area contributed by atoms with Gasteiger partial charge in [-0.2, -0.15) is 8.78 Å². The van der Waals surface area contributed by atoms with E-state index in [0.717, 1.165) is 0 Å². The first-order valence-corrected chi connectivity index (χ1v) is 5.16. The van der Waals surface area contributed by atoms with E-state index in [9.17, 15) is 22.4 Å². The van der Waals surface area contributed by atoms with Crippen LogP contribution in [0.15, 0.2) is 0 Å². The molecule has 8 heteroatoms. The quantitative estimate of drug-likeness (QED) is 0.706. The molecule has 4 nitrogen and oxygen atoms in total. The summed E-state index contributed by atoms with van der Waals surface area (Å²) in [5.74, 6) is -5.03. The van der Waals surface area contributed by atoms with Crippen LogP contribution in [0.25, 0.3) is 0 Å². The van der Waals surface area contributed by atoms with Gasteiger partial charge < -0.3 is 15.8 Å². The highest BCUT2D eigenvalue weighted by molar-refractivity contribution is 5.81. The fraction of sp³-hybridized carbons (Fsp3) is 0.889. The number of halogens is 4. The van der Waals surface area contributed by atoms with Crippen LogP contribution in [0.5, 0.6) is 0 Å². The van der Waals surface area contributed by atoms with E-state index in [1.165, 1.54) is 0 Å². The Morgan fingerprint density at radius 2 is 2.12 bits per heavy atom. The average Bonchev–Trinajstić information content (AvgIpc) is 2.74. The molecule has 1 aliphatic rings. The van der Waals surface area contributed by atoms with E-state index in [2.05, 4.69) is 0 Å². The van der Waals surface area contributed by atoms with Gasteiger partial charge in [-0.3, -0.25) is 4.79 Å². The molecule has 3 N–H and O–H groups in total. The van der Waals surface area contributed by atoms with Crippen molar-refractivity contribution in [1.29, 1.82) is 0 Å². The Balaban J connectivity index is 2.36. The number of nitrogens with one attached hydrogen (secondary N) is 1. The number of nitrogens with two attached hydrogens (primary N) is 1. The summed E-state index contributed by atoms with van der Waals surface area (Å²) in [6.07, 6.45) is -4.05. The van der Waals surface area contributed by atoms with E-state index < -0.39 is 30.9 Å². The van der Waals surface area contributed by atoms with Crippen molar-refractivity contribution in [3.63, 3.8) is 0 Å². The van der Waals surface area contributed by atoms with Crippen LogP contribution in [0.1, 0.15) is 12.8 Å². The van der Waals surface area contributed by atoms with Crippen LogP contribution in [-0.4, -0.2) is 43.6 Å². The smallest absolute Gasteiger partial charge is 0.324 e. The molecule has 1 rings (SSSR count). The molecule has 17 heavy (non-hydrogen) atoms. The fourth-order valence-electron chi connectivity index (χ4n) is 1.47. The lowest BCUT2D eigenvalue weighted by molar-refractivity contribution is -0.143. The first-order valence-electron chi connectivity index (χ1n) is 5.16.